The minimum absolute atomic E-state index is 0.766. The maximum atomic E-state index is 4.87. The molecule has 4 rings (SSSR count). The van der Waals surface area contributed by atoms with Gasteiger partial charge in [0.25, 0.3) is 0 Å². The second kappa shape index (κ2) is 7.09. The lowest BCUT2D eigenvalue weighted by Gasteiger charge is -2.27. The Morgan fingerprint density at radius 2 is 1.80 bits per heavy atom. The summed E-state index contributed by atoms with van der Waals surface area (Å²) >= 11 is 0. The molecule has 4 heteroatoms. The molecule has 2 aromatic carbocycles. The molecule has 0 amide bonds. The van der Waals surface area contributed by atoms with Crippen molar-refractivity contribution in [3.63, 3.8) is 0 Å². The van der Waals surface area contributed by atoms with Crippen LogP contribution < -0.4 is 10.2 Å². The molecule has 4 nitrogen and oxygen atoms in total. The average molecular weight is 332 g/mol. The molecule has 1 aliphatic heterocycles. The molecule has 1 N–H and O–H groups in total. The molecule has 0 bridgehead atoms. The molecular formula is C21H24N4. The van der Waals surface area contributed by atoms with E-state index in [9.17, 15) is 0 Å². The van der Waals surface area contributed by atoms with Crippen LogP contribution in [-0.4, -0.2) is 23.1 Å². The number of nitrogens with zero attached hydrogens (tertiary/aromatic N) is 3. The van der Waals surface area contributed by atoms with E-state index >= 15 is 0 Å². The van der Waals surface area contributed by atoms with E-state index in [0.717, 1.165) is 42.3 Å². The summed E-state index contributed by atoms with van der Waals surface area (Å²) in [5.74, 6) is 1.78. The second-order valence-electron chi connectivity index (χ2n) is 6.78. The van der Waals surface area contributed by atoms with Gasteiger partial charge in [-0.15, -0.1) is 0 Å². The lowest BCUT2D eigenvalue weighted by atomic mass is 10.1. The number of aromatic nitrogens is 2. The van der Waals surface area contributed by atoms with Gasteiger partial charge in [0, 0.05) is 25.0 Å². The predicted molar refractivity (Wildman–Crippen MR) is 104 cm³/mol. The van der Waals surface area contributed by atoms with Gasteiger partial charge in [0.1, 0.15) is 5.82 Å². The summed E-state index contributed by atoms with van der Waals surface area (Å²) in [6, 6.07) is 16.8. The van der Waals surface area contributed by atoms with Gasteiger partial charge in [-0.3, -0.25) is 0 Å². The van der Waals surface area contributed by atoms with E-state index in [-0.39, 0.29) is 0 Å². The third-order valence-electron chi connectivity index (χ3n) is 4.77. The molecule has 0 unspecified atom stereocenters. The molecule has 0 atom stereocenters. The van der Waals surface area contributed by atoms with Crippen molar-refractivity contribution in [1.82, 2.24) is 9.97 Å². The van der Waals surface area contributed by atoms with Crippen LogP contribution in [0.1, 0.15) is 30.4 Å². The first kappa shape index (κ1) is 15.9. The zero-order valence-electron chi connectivity index (χ0n) is 14.7. The monoisotopic (exact) mass is 332 g/mol. The molecule has 2 heterocycles. The van der Waals surface area contributed by atoms with Crippen LogP contribution in [0.15, 0.2) is 48.5 Å². The van der Waals surface area contributed by atoms with Crippen LogP contribution in [0.3, 0.4) is 0 Å². The fraction of sp³-hybridized carbons (Fsp3) is 0.333. The number of rotatable bonds is 4. The molecule has 0 saturated carbocycles. The van der Waals surface area contributed by atoms with Crippen molar-refractivity contribution in [2.75, 3.05) is 23.3 Å². The van der Waals surface area contributed by atoms with Crippen molar-refractivity contribution in [3.8, 4) is 0 Å². The van der Waals surface area contributed by atoms with E-state index in [1.165, 1.54) is 30.4 Å². The van der Waals surface area contributed by atoms with Crippen molar-refractivity contribution < 1.29 is 0 Å². The highest BCUT2D eigenvalue weighted by molar-refractivity contribution is 5.90. The Hall–Kier alpha value is -2.62. The average Bonchev–Trinajstić information content (AvgIpc) is 2.66. The van der Waals surface area contributed by atoms with Gasteiger partial charge in [-0.25, -0.2) is 4.98 Å². The van der Waals surface area contributed by atoms with Crippen molar-refractivity contribution >= 4 is 22.7 Å². The number of nitrogens with one attached hydrogen (secondary N) is 1. The molecule has 0 aliphatic carbocycles. The number of benzene rings is 2. The highest BCUT2D eigenvalue weighted by Crippen LogP contribution is 2.25. The van der Waals surface area contributed by atoms with Crippen LogP contribution in [0.5, 0.6) is 0 Å². The van der Waals surface area contributed by atoms with Gasteiger partial charge < -0.3 is 10.2 Å². The third-order valence-corrected chi connectivity index (χ3v) is 4.77. The standard InChI is InChI=1S/C21H24N4/c1-16-8-7-9-17(14-16)15-22-20-18-10-3-4-11-19(18)23-21(24-20)25-12-5-2-6-13-25/h3-4,7-11,14H,2,5-6,12-13,15H2,1H3,(H,22,23,24). The third kappa shape index (κ3) is 3.58. The largest absolute Gasteiger partial charge is 0.365 e. The lowest BCUT2D eigenvalue weighted by Crippen LogP contribution is -2.31. The normalized spacial score (nSPS) is 14.7. The van der Waals surface area contributed by atoms with E-state index in [4.69, 9.17) is 9.97 Å². The first-order valence-corrected chi connectivity index (χ1v) is 9.11. The number of anilines is 2. The van der Waals surface area contributed by atoms with Crippen molar-refractivity contribution in [3.05, 3.63) is 59.7 Å². The fourth-order valence-corrected chi connectivity index (χ4v) is 3.44. The Balaban J connectivity index is 1.65. The van der Waals surface area contributed by atoms with E-state index in [1.807, 2.05) is 12.1 Å². The Morgan fingerprint density at radius 3 is 2.64 bits per heavy atom. The molecule has 1 saturated heterocycles. The number of piperidine rings is 1. The van der Waals surface area contributed by atoms with Gasteiger partial charge in [-0.1, -0.05) is 42.0 Å². The molecular weight excluding hydrogens is 308 g/mol. The van der Waals surface area contributed by atoms with Crippen LogP contribution >= 0.6 is 0 Å². The minimum Gasteiger partial charge on any atom is -0.365 e. The number of para-hydroxylation sites is 1. The van der Waals surface area contributed by atoms with Crippen LogP contribution in [-0.2, 0) is 6.54 Å². The summed E-state index contributed by atoms with van der Waals surface area (Å²) in [6.45, 7) is 4.99. The smallest absolute Gasteiger partial charge is 0.227 e. The molecule has 1 aromatic heterocycles. The molecule has 1 aliphatic rings. The van der Waals surface area contributed by atoms with Crippen LogP contribution in [0.4, 0.5) is 11.8 Å². The number of hydrogen-bond acceptors (Lipinski definition) is 4. The maximum Gasteiger partial charge on any atom is 0.227 e. The van der Waals surface area contributed by atoms with Gasteiger partial charge >= 0.3 is 0 Å². The fourth-order valence-electron chi connectivity index (χ4n) is 3.44. The van der Waals surface area contributed by atoms with Crippen LogP contribution in [0.25, 0.3) is 10.9 Å². The SMILES string of the molecule is Cc1cccc(CNc2nc(N3CCCCC3)nc3ccccc23)c1. The molecule has 0 radical (unpaired) electrons. The van der Waals surface area contributed by atoms with E-state index in [1.54, 1.807) is 0 Å². The van der Waals surface area contributed by atoms with Crippen LogP contribution in [0.2, 0.25) is 0 Å². The molecule has 3 aromatic rings. The van der Waals surface area contributed by atoms with Gasteiger partial charge in [-0.2, -0.15) is 4.98 Å². The van der Waals surface area contributed by atoms with Crippen molar-refractivity contribution in [2.24, 2.45) is 0 Å². The highest BCUT2D eigenvalue weighted by atomic mass is 15.3. The van der Waals surface area contributed by atoms with Gasteiger partial charge in [-0.05, 0) is 43.9 Å². The topological polar surface area (TPSA) is 41.1 Å². The van der Waals surface area contributed by atoms with Gasteiger partial charge in [0.2, 0.25) is 5.95 Å². The summed E-state index contributed by atoms with van der Waals surface area (Å²) in [6.07, 6.45) is 3.76. The van der Waals surface area contributed by atoms with E-state index in [2.05, 4.69) is 53.5 Å². The van der Waals surface area contributed by atoms with E-state index in [0.29, 0.717) is 0 Å². The maximum absolute atomic E-state index is 4.87. The van der Waals surface area contributed by atoms with Crippen LogP contribution in [0, 0.1) is 6.92 Å². The van der Waals surface area contributed by atoms with Crippen molar-refractivity contribution in [2.45, 2.75) is 32.7 Å². The van der Waals surface area contributed by atoms with Crippen molar-refractivity contribution in [1.29, 1.82) is 0 Å². The number of fused-ring (bicyclic) bond motifs is 1. The second-order valence-corrected chi connectivity index (χ2v) is 6.78. The lowest BCUT2D eigenvalue weighted by molar-refractivity contribution is 0.569. The first-order chi connectivity index (χ1) is 12.3. The summed E-state index contributed by atoms with van der Waals surface area (Å²) in [5, 5.41) is 4.61. The Labute approximate surface area is 148 Å². The Morgan fingerprint density at radius 1 is 0.960 bits per heavy atom. The summed E-state index contributed by atoms with van der Waals surface area (Å²) in [7, 11) is 0. The zero-order valence-corrected chi connectivity index (χ0v) is 14.7. The molecule has 1 fully saturated rings. The van der Waals surface area contributed by atoms with Gasteiger partial charge in [0.05, 0.1) is 5.52 Å². The molecule has 0 spiro atoms. The molecule has 128 valence electrons. The summed E-state index contributed by atoms with van der Waals surface area (Å²) in [5.41, 5.74) is 3.55. The predicted octanol–water partition coefficient (Wildman–Crippen LogP) is 4.54. The summed E-state index contributed by atoms with van der Waals surface area (Å²) < 4.78 is 0. The van der Waals surface area contributed by atoms with E-state index < -0.39 is 0 Å². The zero-order chi connectivity index (χ0) is 17.1. The Bertz CT molecular complexity index is 869. The number of aryl methyl sites for hydroxylation is 1. The molecule has 25 heavy (non-hydrogen) atoms. The highest BCUT2D eigenvalue weighted by Gasteiger charge is 2.16. The summed E-state index contributed by atoms with van der Waals surface area (Å²) in [4.78, 5) is 12.0. The Kier molecular flexibility index (Phi) is 4.51. The first-order valence-electron chi connectivity index (χ1n) is 9.11. The minimum atomic E-state index is 0.766. The quantitative estimate of drug-likeness (QED) is 0.761. The van der Waals surface area contributed by atoms with Gasteiger partial charge in [0.15, 0.2) is 0 Å². The number of hydrogen-bond donors (Lipinski definition) is 1.